The van der Waals surface area contributed by atoms with E-state index in [1.807, 2.05) is 42.5 Å². The molecule has 0 N–H and O–H groups in total. The van der Waals surface area contributed by atoms with Crippen molar-refractivity contribution >= 4 is 34.5 Å². The molecule has 0 unspecified atom stereocenters. The number of para-hydroxylation sites is 1. The molecule has 138 valence electrons. The fourth-order valence-electron chi connectivity index (χ4n) is 2.75. The van der Waals surface area contributed by atoms with Crippen molar-refractivity contribution in [2.45, 2.75) is 6.61 Å². The maximum atomic E-state index is 12.0. The van der Waals surface area contributed by atoms with Gasteiger partial charge in [-0.1, -0.05) is 53.2 Å². The molecule has 0 spiro atoms. The van der Waals surface area contributed by atoms with E-state index in [0.717, 1.165) is 22.0 Å². The van der Waals surface area contributed by atoms with Crippen molar-refractivity contribution in [1.82, 2.24) is 10.1 Å². The van der Waals surface area contributed by atoms with Crippen molar-refractivity contribution in [3.05, 3.63) is 89.3 Å². The minimum atomic E-state index is -0.475. The average molecular weight is 391 g/mol. The summed E-state index contributed by atoms with van der Waals surface area (Å²) in [6.45, 7) is -0.00243. The number of nitrogens with zero attached hydrogens (tertiary/aromatic N) is 2. The lowest BCUT2D eigenvalue weighted by atomic mass is 10.1. The fourth-order valence-corrected chi connectivity index (χ4v) is 2.87. The second-order valence-corrected chi connectivity index (χ2v) is 6.49. The Balaban J connectivity index is 1.39. The predicted molar refractivity (Wildman–Crippen MR) is 108 cm³/mol. The summed E-state index contributed by atoms with van der Waals surface area (Å²) in [4.78, 5) is 16.4. The predicted octanol–water partition coefficient (Wildman–Crippen LogP) is 5.30. The summed E-state index contributed by atoms with van der Waals surface area (Å²) in [7, 11) is 0. The van der Waals surface area contributed by atoms with E-state index in [4.69, 9.17) is 20.9 Å². The third-order valence-electron chi connectivity index (χ3n) is 4.12. The van der Waals surface area contributed by atoms with E-state index in [-0.39, 0.29) is 6.61 Å². The molecule has 0 aliphatic carbocycles. The van der Waals surface area contributed by atoms with Crippen molar-refractivity contribution in [1.29, 1.82) is 0 Å². The summed E-state index contributed by atoms with van der Waals surface area (Å²) >= 11 is 5.88. The Bertz CT molecular complexity index is 1140. The van der Waals surface area contributed by atoms with Crippen LogP contribution in [0, 0.1) is 0 Å². The van der Waals surface area contributed by atoms with Gasteiger partial charge >= 0.3 is 5.97 Å². The lowest BCUT2D eigenvalue weighted by Crippen LogP contribution is -1.99. The molecule has 0 saturated carbocycles. The number of fused-ring (bicyclic) bond motifs is 1. The Hall–Kier alpha value is -3.44. The zero-order valence-electron chi connectivity index (χ0n) is 14.7. The second kappa shape index (κ2) is 8.06. The molecule has 0 amide bonds. The van der Waals surface area contributed by atoms with E-state index < -0.39 is 5.97 Å². The molecule has 2 aromatic carbocycles. The van der Waals surface area contributed by atoms with E-state index in [9.17, 15) is 4.79 Å². The van der Waals surface area contributed by atoms with Gasteiger partial charge in [0, 0.05) is 39.9 Å². The largest absolute Gasteiger partial charge is 0.454 e. The molecule has 5 nitrogen and oxygen atoms in total. The van der Waals surface area contributed by atoms with Crippen molar-refractivity contribution in [3.63, 3.8) is 0 Å². The minimum Gasteiger partial charge on any atom is -0.454 e. The van der Waals surface area contributed by atoms with Gasteiger partial charge in [0.05, 0.1) is 5.52 Å². The number of halogens is 1. The number of esters is 1. The molecule has 0 fully saturated rings. The van der Waals surface area contributed by atoms with Crippen LogP contribution in [-0.4, -0.2) is 16.1 Å². The number of hydrogen-bond acceptors (Lipinski definition) is 5. The number of carbonyl (C=O) groups excluding carboxylic acids is 1. The lowest BCUT2D eigenvalue weighted by Gasteiger charge is -2.01. The molecule has 0 radical (unpaired) electrons. The Morgan fingerprint density at radius 1 is 1.11 bits per heavy atom. The van der Waals surface area contributed by atoms with Gasteiger partial charge < -0.3 is 9.26 Å². The van der Waals surface area contributed by atoms with E-state index in [1.165, 1.54) is 6.08 Å². The monoisotopic (exact) mass is 390 g/mol. The molecule has 0 saturated heterocycles. The Morgan fingerprint density at radius 3 is 2.79 bits per heavy atom. The van der Waals surface area contributed by atoms with Crippen LogP contribution < -0.4 is 0 Å². The van der Waals surface area contributed by atoms with Crippen LogP contribution in [0.25, 0.3) is 28.2 Å². The summed E-state index contributed by atoms with van der Waals surface area (Å²) in [5.41, 5.74) is 3.20. The van der Waals surface area contributed by atoms with Gasteiger partial charge in [0.15, 0.2) is 12.4 Å². The van der Waals surface area contributed by atoms with Crippen LogP contribution in [0.4, 0.5) is 0 Å². The third kappa shape index (κ3) is 4.10. The summed E-state index contributed by atoms with van der Waals surface area (Å²) in [5, 5.41) is 5.64. The highest BCUT2D eigenvalue weighted by Crippen LogP contribution is 2.22. The van der Waals surface area contributed by atoms with Crippen LogP contribution in [0.15, 0.2) is 77.5 Å². The number of hydrogen-bond donors (Lipinski definition) is 0. The van der Waals surface area contributed by atoms with Gasteiger partial charge in [0.1, 0.15) is 5.69 Å². The third-order valence-corrected chi connectivity index (χ3v) is 4.37. The summed E-state index contributed by atoms with van der Waals surface area (Å²) in [6, 6.07) is 18.6. The summed E-state index contributed by atoms with van der Waals surface area (Å²) in [5.74, 6) is -0.0177. The topological polar surface area (TPSA) is 65.2 Å². The summed E-state index contributed by atoms with van der Waals surface area (Å²) in [6.07, 6.45) is 4.79. The first-order chi connectivity index (χ1) is 13.7. The van der Waals surface area contributed by atoms with Gasteiger partial charge in [0.2, 0.25) is 0 Å². The first kappa shape index (κ1) is 17.9. The summed E-state index contributed by atoms with van der Waals surface area (Å²) < 4.78 is 10.5. The van der Waals surface area contributed by atoms with E-state index in [0.29, 0.717) is 16.5 Å². The van der Waals surface area contributed by atoms with Crippen LogP contribution in [0.5, 0.6) is 0 Å². The molecule has 0 atom stereocenters. The number of rotatable bonds is 5. The van der Waals surface area contributed by atoms with Crippen LogP contribution >= 0.6 is 11.6 Å². The molecule has 4 rings (SSSR count). The van der Waals surface area contributed by atoms with Crippen molar-refractivity contribution in [2.75, 3.05) is 0 Å². The van der Waals surface area contributed by atoms with Crippen LogP contribution in [0.2, 0.25) is 5.02 Å². The van der Waals surface area contributed by atoms with Gasteiger partial charge in [-0.05, 0) is 24.3 Å². The Morgan fingerprint density at radius 2 is 1.93 bits per heavy atom. The number of ether oxygens (including phenoxy) is 1. The smallest absolute Gasteiger partial charge is 0.331 e. The fraction of sp³-hybridized carbons (Fsp3) is 0.0455. The van der Waals surface area contributed by atoms with Crippen LogP contribution in [0.3, 0.4) is 0 Å². The normalized spacial score (nSPS) is 11.2. The minimum absolute atomic E-state index is 0.00243. The molecule has 4 aromatic rings. The molecular formula is C22H15ClN2O3. The number of benzene rings is 2. The first-order valence-electron chi connectivity index (χ1n) is 8.59. The van der Waals surface area contributed by atoms with E-state index >= 15 is 0 Å². The number of pyridine rings is 1. The van der Waals surface area contributed by atoms with Crippen molar-refractivity contribution in [3.8, 4) is 11.3 Å². The van der Waals surface area contributed by atoms with Crippen molar-refractivity contribution in [2.24, 2.45) is 0 Å². The Kier molecular flexibility index (Phi) is 5.17. The zero-order valence-corrected chi connectivity index (χ0v) is 15.5. The van der Waals surface area contributed by atoms with Crippen LogP contribution in [-0.2, 0) is 16.1 Å². The maximum Gasteiger partial charge on any atom is 0.331 e. The molecule has 0 bridgehead atoms. The highest BCUT2D eigenvalue weighted by atomic mass is 35.5. The SMILES string of the molecule is O=C(C=Cc1cccc2cccnc12)OCc1cc(-c2ccc(Cl)cc2)no1. The Labute approximate surface area is 166 Å². The highest BCUT2D eigenvalue weighted by molar-refractivity contribution is 6.30. The van der Waals surface area contributed by atoms with Gasteiger partial charge in [-0.25, -0.2) is 4.79 Å². The maximum absolute atomic E-state index is 12.0. The van der Waals surface area contributed by atoms with Crippen molar-refractivity contribution < 1.29 is 14.1 Å². The number of carbonyl (C=O) groups is 1. The lowest BCUT2D eigenvalue weighted by molar-refractivity contribution is -0.139. The average Bonchev–Trinajstić information content (AvgIpc) is 3.20. The molecule has 2 heterocycles. The highest BCUT2D eigenvalue weighted by Gasteiger charge is 2.08. The van der Waals surface area contributed by atoms with E-state index in [1.54, 1.807) is 30.5 Å². The molecule has 28 heavy (non-hydrogen) atoms. The van der Waals surface area contributed by atoms with Gasteiger partial charge in [0.25, 0.3) is 0 Å². The number of aromatic nitrogens is 2. The van der Waals surface area contributed by atoms with Crippen LogP contribution in [0.1, 0.15) is 11.3 Å². The van der Waals surface area contributed by atoms with Gasteiger partial charge in [-0.15, -0.1) is 0 Å². The molecule has 0 aliphatic rings. The molecular weight excluding hydrogens is 376 g/mol. The standard InChI is InChI=1S/C22H15ClN2O3/c23-18-9-6-15(7-10-18)20-13-19(28-25-20)14-27-21(26)11-8-17-4-1-3-16-5-2-12-24-22(16)17/h1-13H,14H2. The van der Waals surface area contributed by atoms with E-state index in [2.05, 4.69) is 10.1 Å². The zero-order chi connectivity index (χ0) is 19.3. The molecule has 6 heteroatoms. The van der Waals surface area contributed by atoms with Gasteiger partial charge in [-0.2, -0.15) is 0 Å². The quantitative estimate of drug-likeness (QED) is 0.341. The second-order valence-electron chi connectivity index (χ2n) is 6.05. The van der Waals surface area contributed by atoms with Gasteiger partial charge in [-0.3, -0.25) is 4.98 Å². The molecule has 2 aromatic heterocycles. The first-order valence-corrected chi connectivity index (χ1v) is 8.97. The molecule has 0 aliphatic heterocycles.